The van der Waals surface area contributed by atoms with Gasteiger partial charge in [0.05, 0.1) is 5.71 Å². The number of halogens is 2. The van der Waals surface area contributed by atoms with Crippen molar-refractivity contribution in [2.45, 2.75) is 33.8 Å². The first-order chi connectivity index (χ1) is 11.9. The Morgan fingerprint density at radius 3 is 2.40 bits per heavy atom. The number of benzene rings is 2. The number of carbonyl (C=O) groups excluding carboxylic acids is 1. The molecule has 0 aromatic heterocycles. The van der Waals surface area contributed by atoms with Crippen LogP contribution in [-0.2, 0) is 0 Å². The molecule has 4 nitrogen and oxygen atoms in total. The molecule has 0 aliphatic carbocycles. The van der Waals surface area contributed by atoms with Gasteiger partial charge in [-0.25, -0.2) is 5.43 Å². The van der Waals surface area contributed by atoms with Gasteiger partial charge in [-0.1, -0.05) is 24.6 Å². The first-order valence-corrected chi connectivity index (χ1v) is 7.90. The second kappa shape index (κ2) is 8.37. The number of hydrazone groups is 1. The molecule has 0 saturated heterocycles. The number of amides is 1. The maximum absolute atomic E-state index is 12.3. The molecule has 0 fully saturated rings. The van der Waals surface area contributed by atoms with E-state index in [4.69, 9.17) is 0 Å². The quantitative estimate of drug-likeness (QED) is 0.621. The Morgan fingerprint density at radius 2 is 1.84 bits per heavy atom. The summed E-state index contributed by atoms with van der Waals surface area (Å²) in [6.07, 6.45) is 0.572. The Morgan fingerprint density at radius 1 is 1.16 bits per heavy atom. The van der Waals surface area contributed by atoms with Crippen molar-refractivity contribution in [2.75, 3.05) is 0 Å². The number of alkyl halides is 2. The van der Waals surface area contributed by atoms with Crippen molar-refractivity contribution in [1.29, 1.82) is 0 Å². The lowest BCUT2D eigenvalue weighted by Gasteiger charge is -2.09. The molecule has 2 aromatic rings. The first kappa shape index (κ1) is 18.6. The number of nitrogens with zero attached hydrogens (tertiary/aromatic N) is 1. The van der Waals surface area contributed by atoms with E-state index in [-0.39, 0.29) is 11.7 Å². The summed E-state index contributed by atoms with van der Waals surface area (Å²) in [6.45, 7) is 2.87. The maximum Gasteiger partial charge on any atom is 0.387 e. The highest BCUT2D eigenvalue weighted by atomic mass is 19.3. The molecule has 0 atom stereocenters. The van der Waals surface area contributed by atoms with Gasteiger partial charge in [0.2, 0.25) is 0 Å². The molecule has 0 radical (unpaired) electrons. The normalized spacial score (nSPS) is 11.5. The van der Waals surface area contributed by atoms with Gasteiger partial charge >= 0.3 is 6.61 Å². The molecule has 0 aliphatic rings. The number of aryl methyl sites for hydroxylation is 2. The molecule has 25 heavy (non-hydrogen) atoms. The van der Waals surface area contributed by atoms with E-state index in [1.165, 1.54) is 12.1 Å². The summed E-state index contributed by atoms with van der Waals surface area (Å²) in [5.41, 5.74) is 6.44. The van der Waals surface area contributed by atoms with Crippen LogP contribution in [0.5, 0.6) is 5.75 Å². The lowest BCUT2D eigenvalue weighted by Crippen LogP contribution is -2.21. The van der Waals surface area contributed by atoms with E-state index in [9.17, 15) is 13.6 Å². The minimum atomic E-state index is -2.86. The van der Waals surface area contributed by atoms with Crippen LogP contribution >= 0.6 is 0 Å². The van der Waals surface area contributed by atoms with Gasteiger partial charge in [-0.05, 0) is 61.7 Å². The fraction of sp³-hybridized carbons (Fsp3) is 0.263. The van der Waals surface area contributed by atoms with Crippen LogP contribution in [0.15, 0.2) is 47.6 Å². The molecule has 2 aromatic carbocycles. The average Bonchev–Trinajstić information content (AvgIpc) is 2.56. The van der Waals surface area contributed by atoms with Crippen LogP contribution in [0.2, 0.25) is 0 Å². The molecule has 132 valence electrons. The van der Waals surface area contributed by atoms with Gasteiger partial charge < -0.3 is 4.74 Å². The number of ether oxygens (including phenoxy) is 1. The summed E-state index contributed by atoms with van der Waals surface area (Å²) in [5, 5.41) is 4.17. The Bertz CT molecular complexity index is 771. The molecule has 0 saturated carbocycles. The maximum atomic E-state index is 12.3. The summed E-state index contributed by atoms with van der Waals surface area (Å²) >= 11 is 0. The first-order valence-electron chi connectivity index (χ1n) is 7.90. The highest BCUT2D eigenvalue weighted by Gasteiger charge is 2.10. The van der Waals surface area contributed by atoms with Crippen molar-refractivity contribution in [3.8, 4) is 5.75 Å². The van der Waals surface area contributed by atoms with Crippen LogP contribution in [0.1, 0.15) is 40.4 Å². The molecule has 6 heteroatoms. The summed E-state index contributed by atoms with van der Waals surface area (Å²) in [7, 11) is 0. The molecule has 0 bridgehead atoms. The van der Waals surface area contributed by atoms with Gasteiger partial charge in [0.25, 0.3) is 5.91 Å². The third-order valence-corrected chi connectivity index (χ3v) is 3.67. The number of hydrogen-bond acceptors (Lipinski definition) is 3. The average molecular weight is 346 g/mol. The molecule has 0 spiro atoms. The molecule has 0 unspecified atom stereocenters. The predicted molar refractivity (Wildman–Crippen MR) is 93.3 cm³/mol. The summed E-state index contributed by atoms with van der Waals surface area (Å²) in [5.74, 6) is -0.213. The van der Waals surface area contributed by atoms with Crippen LogP contribution in [0.4, 0.5) is 8.78 Å². The highest BCUT2D eigenvalue weighted by molar-refractivity contribution is 6.02. The van der Waals surface area contributed by atoms with E-state index in [2.05, 4.69) is 15.3 Å². The van der Waals surface area contributed by atoms with Crippen LogP contribution in [0, 0.1) is 13.8 Å². The van der Waals surface area contributed by atoms with Gasteiger partial charge in [0, 0.05) is 5.56 Å². The van der Waals surface area contributed by atoms with Crippen LogP contribution in [0.3, 0.4) is 0 Å². The zero-order valence-corrected chi connectivity index (χ0v) is 14.3. The van der Waals surface area contributed by atoms with Gasteiger partial charge in [0.1, 0.15) is 5.75 Å². The zero-order valence-electron chi connectivity index (χ0n) is 14.3. The lowest BCUT2D eigenvalue weighted by atomic mass is 10.1. The number of rotatable bonds is 6. The second-order valence-corrected chi connectivity index (χ2v) is 5.57. The number of hydrogen-bond donors (Lipinski definition) is 1. The molecule has 2 rings (SSSR count). The lowest BCUT2D eigenvalue weighted by molar-refractivity contribution is -0.0498. The monoisotopic (exact) mass is 346 g/mol. The fourth-order valence-electron chi connectivity index (χ4n) is 2.42. The topological polar surface area (TPSA) is 50.7 Å². The number of carbonyl (C=O) groups is 1. The zero-order chi connectivity index (χ0) is 18.4. The fourth-order valence-corrected chi connectivity index (χ4v) is 2.42. The van der Waals surface area contributed by atoms with E-state index in [1.54, 1.807) is 18.2 Å². The van der Waals surface area contributed by atoms with E-state index < -0.39 is 6.61 Å². The van der Waals surface area contributed by atoms with Crippen molar-refractivity contribution >= 4 is 11.6 Å². The summed E-state index contributed by atoms with van der Waals surface area (Å²) < 4.78 is 28.7. The third-order valence-electron chi connectivity index (χ3n) is 3.67. The largest absolute Gasteiger partial charge is 0.435 e. The van der Waals surface area contributed by atoms with E-state index >= 15 is 0 Å². The van der Waals surface area contributed by atoms with Crippen LogP contribution in [-0.4, -0.2) is 18.2 Å². The molecule has 1 N–H and O–H groups in total. The highest BCUT2D eigenvalue weighted by Crippen LogP contribution is 2.16. The van der Waals surface area contributed by atoms with Gasteiger partial charge in [-0.3, -0.25) is 4.79 Å². The summed E-state index contributed by atoms with van der Waals surface area (Å²) in [6, 6.07) is 11.7. The van der Waals surface area contributed by atoms with Crippen molar-refractivity contribution in [3.63, 3.8) is 0 Å². The van der Waals surface area contributed by atoms with Crippen LogP contribution in [0.25, 0.3) is 0 Å². The van der Waals surface area contributed by atoms with Crippen LogP contribution < -0.4 is 10.2 Å². The van der Waals surface area contributed by atoms with Crippen molar-refractivity contribution < 1.29 is 18.3 Å². The van der Waals surface area contributed by atoms with Crippen molar-refractivity contribution in [2.24, 2.45) is 5.10 Å². The van der Waals surface area contributed by atoms with E-state index in [1.807, 2.05) is 32.9 Å². The van der Waals surface area contributed by atoms with E-state index in [0.29, 0.717) is 17.7 Å². The predicted octanol–water partition coefficient (Wildman–Crippen LogP) is 4.45. The third kappa shape index (κ3) is 5.11. The smallest absolute Gasteiger partial charge is 0.387 e. The SMILES string of the molecule is CC/C(=N/NC(=O)c1ccc(C)cc1C)c1ccc(OC(F)F)cc1. The standard InChI is InChI=1S/C19H20F2N2O2/c1-4-17(14-6-8-15(9-7-14)25-19(20)21)22-23-18(24)16-10-5-12(2)11-13(16)3/h5-11,19H,4H2,1-3H3,(H,23,24)/b22-17-. The molecule has 0 heterocycles. The Balaban J connectivity index is 2.12. The summed E-state index contributed by atoms with van der Waals surface area (Å²) in [4.78, 5) is 12.3. The second-order valence-electron chi connectivity index (χ2n) is 5.57. The molecular formula is C19H20F2N2O2. The van der Waals surface area contributed by atoms with Gasteiger partial charge in [0.15, 0.2) is 0 Å². The molecular weight excluding hydrogens is 326 g/mol. The molecule has 1 amide bonds. The minimum absolute atomic E-state index is 0.0773. The Hall–Kier alpha value is -2.76. The van der Waals surface area contributed by atoms with Crippen molar-refractivity contribution in [3.05, 3.63) is 64.7 Å². The minimum Gasteiger partial charge on any atom is -0.435 e. The van der Waals surface area contributed by atoms with Gasteiger partial charge in [-0.15, -0.1) is 0 Å². The molecule has 0 aliphatic heterocycles. The Labute approximate surface area is 145 Å². The van der Waals surface area contributed by atoms with Crippen molar-refractivity contribution in [1.82, 2.24) is 5.43 Å². The Kier molecular flexibility index (Phi) is 6.22. The van der Waals surface area contributed by atoms with E-state index in [0.717, 1.165) is 16.7 Å². The van der Waals surface area contributed by atoms with Gasteiger partial charge in [-0.2, -0.15) is 13.9 Å². The number of nitrogens with one attached hydrogen (secondary N) is 1.